The van der Waals surface area contributed by atoms with E-state index in [2.05, 4.69) is 67.5 Å². The Bertz CT molecular complexity index is 2220. The molecule has 2 spiro atoms. The third-order valence-corrected chi connectivity index (χ3v) is 16.3. The van der Waals surface area contributed by atoms with Crippen molar-refractivity contribution in [2.45, 2.75) is 173 Å². The molecule has 6 saturated heterocycles. The van der Waals surface area contributed by atoms with Crippen LogP contribution < -0.4 is 9.80 Å². The Morgan fingerprint density at radius 1 is 0.616 bits per heavy atom. The van der Waals surface area contributed by atoms with E-state index in [9.17, 15) is 55.7 Å². The van der Waals surface area contributed by atoms with E-state index in [1.54, 1.807) is 0 Å². The summed E-state index contributed by atoms with van der Waals surface area (Å²) in [5.41, 5.74) is 6.51. The van der Waals surface area contributed by atoms with Gasteiger partial charge in [0.05, 0.1) is 5.92 Å². The summed E-state index contributed by atoms with van der Waals surface area (Å²) in [5.74, 6) is -1.79. The summed E-state index contributed by atoms with van der Waals surface area (Å²) in [4.78, 5) is 59.8. The predicted molar refractivity (Wildman–Crippen MR) is 265 cm³/mol. The molecular formula is C53H76F6N6O8. The first-order valence-corrected chi connectivity index (χ1v) is 25.7. The van der Waals surface area contributed by atoms with Crippen molar-refractivity contribution in [2.75, 3.05) is 68.7 Å². The Labute approximate surface area is 425 Å². The van der Waals surface area contributed by atoms with Crippen molar-refractivity contribution < 1.29 is 65.2 Å². The van der Waals surface area contributed by atoms with Crippen LogP contribution in [0.2, 0.25) is 0 Å². The number of hydrogen-bond acceptors (Lipinski definition) is 10. The fourth-order valence-corrected chi connectivity index (χ4v) is 11.9. The number of carboxylic acid groups (broad SMARTS) is 2. The molecule has 0 radical (unpaired) electrons. The van der Waals surface area contributed by atoms with Gasteiger partial charge in [0.25, 0.3) is 0 Å². The molecule has 8 rings (SSSR count). The number of aliphatic carboxylic acids is 2. The number of halogens is 6. The summed E-state index contributed by atoms with van der Waals surface area (Å²) >= 11 is 0. The quantitative estimate of drug-likeness (QED) is 0.218. The Balaban J connectivity index is 0.000000235. The predicted octanol–water partition coefficient (Wildman–Crippen LogP) is 10.4. The SMILES string of the molecule is C.Cc1cc(CN2CCCC23CCN(C(=O)OC(C)C(F)(F)F)CC3)cc(N2CCCC[C@@H]2C(=O)O)c1.Cc1ccc(CN2CCCC23CCN(C(=O)OC(C)C(F)(F)F)CC3)c(N2CCC(C(=O)O)CC2)c1. The van der Waals surface area contributed by atoms with Crippen LogP contribution in [-0.2, 0) is 32.2 Å². The molecule has 2 N–H and O–H groups in total. The topological polar surface area (TPSA) is 147 Å². The Hall–Kier alpha value is -4.98. The molecule has 6 aliphatic heterocycles. The van der Waals surface area contributed by atoms with Gasteiger partial charge in [-0.1, -0.05) is 25.6 Å². The highest BCUT2D eigenvalue weighted by Gasteiger charge is 2.48. The van der Waals surface area contributed by atoms with Crippen LogP contribution in [-0.4, -0.2) is 155 Å². The number of amides is 2. The van der Waals surface area contributed by atoms with Crippen molar-refractivity contribution >= 4 is 35.5 Å². The molecule has 6 aliphatic rings. The number of carbonyl (C=O) groups is 4. The van der Waals surface area contributed by atoms with Gasteiger partial charge in [-0.2, -0.15) is 26.3 Å². The number of aryl methyl sites for hydroxylation is 2. The van der Waals surface area contributed by atoms with Gasteiger partial charge in [0.1, 0.15) is 6.04 Å². The van der Waals surface area contributed by atoms with Gasteiger partial charge in [0.15, 0.2) is 12.2 Å². The zero-order valence-corrected chi connectivity index (χ0v) is 42.0. The number of piperidine rings is 4. The molecule has 20 heteroatoms. The lowest BCUT2D eigenvalue weighted by Gasteiger charge is -2.45. The molecule has 6 fully saturated rings. The second kappa shape index (κ2) is 23.7. The number of benzene rings is 2. The van der Waals surface area contributed by atoms with Crippen LogP contribution in [0, 0.1) is 19.8 Å². The van der Waals surface area contributed by atoms with Crippen molar-refractivity contribution in [2.24, 2.45) is 5.92 Å². The van der Waals surface area contributed by atoms with Gasteiger partial charge in [-0.3, -0.25) is 14.6 Å². The first kappa shape index (κ1) is 57.3. The Kier molecular flexibility index (Phi) is 18.6. The molecule has 0 aromatic heterocycles. The summed E-state index contributed by atoms with van der Waals surface area (Å²) in [6.07, 6.45) is -4.53. The minimum atomic E-state index is -4.57. The van der Waals surface area contributed by atoms with E-state index in [-0.39, 0.29) is 24.4 Å². The third kappa shape index (κ3) is 13.9. The summed E-state index contributed by atoms with van der Waals surface area (Å²) in [6.45, 7) is 12.8. The normalized spacial score (nSPS) is 22.6. The minimum absolute atomic E-state index is 0. The highest BCUT2D eigenvalue weighted by Crippen LogP contribution is 2.43. The number of anilines is 2. The van der Waals surface area contributed by atoms with Crippen LogP contribution in [0.25, 0.3) is 0 Å². The van der Waals surface area contributed by atoms with Gasteiger partial charge in [0, 0.05) is 81.4 Å². The van der Waals surface area contributed by atoms with E-state index in [1.807, 2.05) is 11.8 Å². The maximum atomic E-state index is 12.8. The molecule has 2 unspecified atom stereocenters. The van der Waals surface area contributed by atoms with Crippen LogP contribution in [0.5, 0.6) is 0 Å². The number of alkyl halides is 6. The molecule has 73 heavy (non-hydrogen) atoms. The molecular weight excluding hydrogens is 963 g/mol. The molecule has 14 nitrogen and oxygen atoms in total. The maximum Gasteiger partial charge on any atom is 0.425 e. The minimum Gasteiger partial charge on any atom is -0.481 e. The van der Waals surface area contributed by atoms with E-state index >= 15 is 0 Å². The standard InChI is InChI=1S/2C26H36F3N3O4.CH4/c1-18-4-5-21(22(16-18)30-12-6-20(7-13-30)23(33)34)17-32-11-3-8-25(32)9-14-31(15-10-25)24(35)36-19(2)26(27,28)29;1-18-14-20(16-21(15-18)32-11-4-3-6-22(32)23(33)34)17-31-10-5-7-25(31)8-12-30(13-9-25)24(35)36-19(2)26(27,28)29;/h4-5,16,19-20H,3,6-15,17H2,1-2H3,(H,33,34);14-16,19,22H,3-13,17H2,1-2H3,(H,33,34);1H4/t;19?,22-;/m.1./s1. The van der Waals surface area contributed by atoms with Crippen molar-refractivity contribution in [3.05, 3.63) is 58.7 Å². The molecule has 2 amide bonds. The molecule has 0 saturated carbocycles. The van der Waals surface area contributed by atoms with Crippen molar-refractivity contribution in [1.82, 2.24) is 19.6 Å². The van der Waals surface area contributed by atoms with Crippen molar-refractivity contribution in [3.63, 3.8) is 0 Å². The number of rotatable bonds is 10. The Morgan fingerprint density at radius 2 is 1.14 bits per heavy atom. The van der Waals surface area contributed by atoms with Crippen molar-refractivity contribution in [1.29, 1.82) is 0 Å². The average Bonchev–Trinajstić information content (AvgIpc) is 3.90. The molecule has 408 valence electrons. The summed E-state index contributed by atoms with van der Waals surface area (Å²) in [5, 5.41) is 19.1. The van der Waals surface area contributed by atoms with Crippen LogP contribution in [0.4, 0.5) is 47.3 Å². The molecule has 0 bridgehead atoms. The zero-order chi connectivity index (χ0) is 52.2. The van der Waals surface area contributed by atoms with Gasteiger partial charge in [-0.05, 0) is 165 Å². The van der Waals surface area contributed by atoms with Crippen LogP contribution in [0.1, 0.15) is 127 Å². The molecule has 2 aromatic carbocycles. The summed E-state index contributed by atoms with van der Waals surface area (Å²) < 4.78 is 86.0. The van der Waals surface area contributed by atoms with Gasteiger partial charge in [-0.25, -0.2) is 14.4 Å². The first-order chi connectivity index (χ1) is 34.0. The van der Waals surface area contributed by atoms with Crippen LogP contribution >= 0.6 is 0 Å². The molecule has 6 heterocycles. The lowest BCUT2D eigenvalue weighted by Crippen LogP contribution is -2.53. The molecule has 3 atom stereocenters. The summed E-state index contributed by atoms with van der Waals surface area (Å²) in [6, 6.07) is 12.2. The van der Waals surface area contributed by atoms with Gasteiger partial charge in [0.2, 0.25) is 0 Å². The molecule has 0 aliphatic carbocycles. The lowest BCUT2D eigenvalue weighted by atomic mass is 9.84. The van der Waals surface area contributed by atoms with E-state index in [1.165, 1.54) is 15.4 Å². The van der Waals surface area contributed by atoms with E-state index in [4.69, 9.17) is 0 Å². The first-order valence-electron chi connectivity index (χ1n) is 25.7. The van der Waals surface area contributed by atoms with E-state index < -0.39 is 54.7 Å². The Morgan fingerprint density at radius 3 is 1.63 bits per heavy atom. The third-order valence-electron chi connectivity index (χ3n) is 16.3. The number of likely N-dealkylation sites (tertiary alicyclic amines) is 4. The zero-order valence-electron chi connectivity index (χ0n) is 42.0. The van der Waals surface area contributed by atoms with E-state index in [0.29, 0.717) is 84.2 Å². The smallest absolute Gasteiger partial charge is 0.425 e. The van der Waals surface area contributed by atoms with Crippen LogP contribution in [0.3, 0.4) is 0 Å². The number of nitrogens with zero attached hydrogens (tertiary/aromatic N) is 6. The highest BCUT2D eigenvalue weighted by molar-refractivity contribution is 5.78. The average molecular weight is 1040 g/mol. The summed E-state index contributed by atoms with van der Waals surface area (Å²) in [7, 11) is 0. The lowest BCUT2D eigenvalue weighted by molar-refractivity contribution is -0.200. The fraction of sp³-hybridized carbons (Fsp3) is 0.698. The van der Waals surface area contributed by atoms with Crippen LogP contribution in [0.15, 0.2) is 36.4 Å². The number of hydrogen-bond donors (Lipinski definition) is 2. The van der Waals surface area contributed by atoms with Gasteiger partial charge < -0.3 is 39.3 Å². The monoisotopic (exact) mass is 1040 g/mol. The van der Waals surface area contributed by atoms with Gasteiger partial charge in [-0.15, -0.1) is 0 Å². The largest absolute Gasteiger partial charge is 0.481 e. The van der Waals surface area contributed by atoms with Gasteiger partial charge >= 0.3 is 36.5 Å². The fourth-order valence-electron chi connectivity index (χ4n) is 11.9. The maximum absolute atomic E-state index is 12.8. The second-order valence-electron chi connectivity index (χ2n) is 21.1. The second-order valence-corrected chi connectivity index (χ2v) is 21.1. The molecule has 2 aromatic rings. The van der Waals surface area contributed by atoms with E-state index in [0.717, 1.165) is 113 Å². The highest BCUT2D eigenvalue weighted by atomic mass is 19.4. The van der Waals surface area contributed by atoms with Crippen molar-refractivity contribution in [3.8, 4) is 0 Å². The number of ether oxygens (including phenoxy) is 2. The number of carboxylic acids is 2. The number of carbonyl (C=O) groups excluding carboxylic acids is 2.